The molecule has 0 spiro atoms. The maximum atomic E-state index is 13.2. The maximum Gasteiger partial charge on any atom is 0.252 e. The second kappa shape index (κ2) is 12.0. The molecule has 182 valence electrons. The van der Waals surface area contributed by atoms with Crippen LogP contribution in [0.15, 0.2) is 34.5 Å². The van der Waals surface area contributed by atoms with E-state index in [-0.39, 0.29) is 6.04 Å². The number of rotatable bonds is 13. The van der Waals surface area contributed by atoms with Crippen LogP contribution in [-0.4, -0.2) is 51.4 Å². The average Bonchev–Trinajstić information content (AvgIpc) is 3.47. The number of primary amides is 1. The summed E-state index contributed by atoms with van der Waals surface area (Å²) in [5.74, 6) is 0.0292. The molecule has 1 saturated heterocycles. The molecule has 3 rings (SSSR count). The number of benzene rings is 1. The summed E-state index contributed by atoms with van der Waals surface area (Å²) in [5.41, 5.74) is 6.58. The van der Waals surface area contributed by atoms with Gasteiger partial charge in [-0.15, -0.1) is 11.3 Å². The Hall–Kier alpha value is -1.94. The quantitative estimate of drug-likeness (QED) is 0.414. The minimum absolute atomic E-state index is 0.206. The number of hydrogen-bond acceptors (Lipinski definition) is 6. The van der Waals surface area contributed by atoms with Crippen molar-refractivity contribution in [3.05, 3.63) is 46.3 Å². The predicted octanol–water partition coefficient (Wildman–Crippen LogP) is 3.77. The number of nitrogens with one attached hydrogen (secondary N) is 1. The third-order valence-corrected chi connectivity index (χ3v) is 9.48. The van der Waals surface area contributed by atoms with Crippen molar-refractivity contribution in [2.75, 3.05) is 26.7 Å². The Labute approximate surface area is 201 Å². The molecule has 0 radical (unpaired) electrons. The fourth-order valence-corrected chi connectivity index (χ4v) is 7.23. The molecule has 2 heterocycles. The van der Waals surface area contributed by atoms with Crippen LogP contribution in [0.3, 0.4) is 0 Å². The Kier molecular flexibility index (Phi) is 9.31. The second-order valence-corrected chi connectivity index (χ2v) is 11.8. The van der Waals surface area contributed by atoms with E-state index in [0.717, 1.165) is 24.3 Å². The Morgan fingerprint density at radius 1 is 1.21 bits per heavy atom. The van der Waals surface area contributed by atoms with Gasteiger partial charge in [-0.1, -0.05) is 38.7 Å². The number of carbonyl (C=O) groups excluding carboxylic acids is 1. The normalized spacial score (nSPS) is 16.8. The SMILES string of the molecule is CCCCCCCNC1CCN(S(=O)(=O)c2ccc(Cc3c(OC)cccc3C(N)=O)s2)C1. The lowest BCUT2D eigenvalue weighted by molar-refractivity contribution is 0.0999. The minimum Gasteiger partial charge on any atom is -0.496 e. The summed E-state index contributed by atoms with van der Waals surface area (Å²) in [7, 11) is -2.00. The van der Waals surface area contributed by atoms with Crippen LogP contribution in [0.25, 0.3) is 0 Å². The highest BCUT2D eigenvalue weighted by Crippen LogP contribution is 2.32. The zero-order valence-electron chi connectivity index (χ0n) is 19.5. The Morgan fingerprint density at radius 2 is 2.00 bits per heavy atom. The van der Waals surface area contributed by atoms with Gasteiger partial charge in [0.25, 0.3) is 10.0 Å². The highest BCUT2D eigenvalue weighted by molar-refractivity contribution is 7.91. The Bertz CT molecular complexity index is 1040. The van der Waals surface area contributed by atoms with Gasteiger partial charge in [0.1, 0.15) is 9.96 Å². The van der Waals surface area contributed by atoms with Crippen LogP contribution < -0.4 is 15.8 Å². The zero-order valence-corrected chi connectivity index (χ0v) is 21.1. The number of sulfonamides is 1. The van der Waals surface area contributed by atoms with Gasteiger partial charge >= 0.3 is 0 Å². The van der Waals surface area contributed by atoms with Crippen molar-refractivity contribution in [1.29, 1.82) is 0 Å². The summed E-state index contributed by atoms with van der Waals surface area (Å²) < 4.78 is 33.7. The predicted molar refractivity (Wildman–Crippen MR) is 133 cm³/mol. The number of carbonyl (C=O) groups is 1. The summed E-state index contributed by atoms with van der Waals surface area (Å²) >= 11 is 1.23. The first-order chi connectivity index (χ1) is 15.9. The standard InChI is InChI=1S/C24H35N3O4S2/c1-3-4-5-6-7-14-26-18-13-15-27(17-18)33(29,30)23-12-11-19(32-23)16-21-20(24(25)28)9-8-10-22(21)31-2/h8-12,18,26H,3-7,13-17H2,1-2H3,(H2,25,28). The number of nitrogens with zero attached hydrogens (tertiary/aromatic N) is 1. The number of unbranched alkanes of at least 4 members (excludes halogenated alkanes) is 4. The first-order valence-corrected chi connectivity index (χ1v) is 13.9. The number of methoxy groups -OCH3 is 1. The monoisotopic (exact) mass is 493 g/mol. The molecule has 0 saturated carbocycles. The first kappa shape index (κ1) is 25.7. The molecule has 3 N–H and O–H groups in total. The molecule has 33 heavy (non-hydrogen) atoms. The fraction of sp³-hybridized carbons (Fsp3) is 0.542. The zero-order chi connectivity index (χ0) is 23.8. The highest BCUT2D eigenvalue weighted by Gasteiger charge is 2.33. The molecule has 1 fully saturated rings. The van der Waals surface area contributed by atoms with Gasteiger partial charge in [0.05, 0.1) is 7.11 Å². The molecule has 1 amide bonds. The lowest BCUT2D eigenvalue weighted by Crippen LogP contribution is -2.35. The van der Waals surface area contributed by atoms with Gasteiger partial charge in [-0.05, 0) is 43.7 Å². The summed E-state index contributed by atoms with van der Waals surface area (Å²) in [4.78, 5) is 12.7. The highest BCUT2D eigenvalue weighted by atomic mass is 32.2. The number of nitrogens with two attached hydrogens (primary N) is 1. The van der Waals surface area contributed by atoms with E-state index in [2.05, 4.69) is 12.2 Å². The van der Waals surface area contributed by atoms with Crippen LogP contribution in [-0.2, 0) is 16.4 Å². The molecule has 0 aliphatic carbocycles. The molecule has 1 aliphatic rings. The first-order valence-electron chi connectivity index (χ1n) is 11.6. The molecule has 1 aromatic carbocycles. The van der Waals surface area contributed by atoms with Crippen molar-refractivity contribution in [1.82, 2.24) is 9.62 Å². The van der Waals surface area contributed by atoms with Crippen LogP contribution in [0.5, 0.6) is 5.75 Å². The van der Waals surface area contributed by atoms with Gasteiger partial charge < -0.3 is 15.8 Å². The minimum atomic E-state index is -3.54. The lowest BCUT2D eigenvalue weighted by atomic mass is 10.0. The van der Waals surface area contributed by atoms with E-state index in [0.29, 0.717) is 40.6 Å². The van der Waals surface area contributed by atoms with E-state index >= 15 is 0 Å². The third-order valence-electron chi connectivity index (χ3n) is 6.06. The number of ether oxygens (including phenoxy) is 1. The lowest BCUT2D eigenvalue weighted by Gasteiger charge is -2.16. The Balaban J connectivity index is 1.62. The molecule has 0 bridgehead atoms. The molecule has 1 aromatic heterocycles. The van der Waals surface area contributed by atoms with Crippen LogP contribution in [0.1, 0.15) is 66.2 Å². The molecular formula is C24H35N3O4S2. The van der Waals surface area contributed by atoms with E-state index in [1.165, 1.54) is 44.1 Å². The molecule has 2 aromatic rings. The van der Waals surface area contributed by atoms with Crippen molar-refractivity contribution in [2.45, 2.75) is 62.1 Å². The van der Waals surface area contributed by atoms with Gasteiger partial charge in [-0.3, -0.25) is 4.79 Å². The van der Waals surface area contributed by atoms with Crippen LogP contribution in [0.4, 0.5) is 0 Å². The smallest absolute Gasteiger partial charge is 0.252 e. The molecule has 7 nitrogen and oxygen atoms in total. The van der Waals surface area contributed by atoms with Crippen LogP contribution in [0, 0.1) is 0 Å². The maximum absolute atomic E-state index is 13.2. The van der Waals surface area contributed by atoms with Gasteiger partial charge in [-0.25, -0.2) is 8.42 Å². The van der Waals surface area contributed by atoms with Crippen LogP contribution in [0.2, 0.25) is 0 Å². The number of hydrogen-bond donors (Lipinski definition) is 2. The summed E-state index contributed by atoms with van der Waals surface area (Å²) in [6.07, 6.45) is 7.34. The van der Waals surface area contributed by atoms with E-state index in [1.807, 2.05) is 0 Å². The molecular weight excluding hydrogens is 458 g/mol. The molecule has 1 aliphatic heterocycles. The van der Waals surface area contributed by atoms with Crippen molar-refractivity contribution in [3.8, 4) is 5.75 Å². The van der Waals surface area contributed by atoms with E-state index in [1.54, 1.807) is 34.6 Å². The summed E-state index contributed by atoms with van der Waals surface area (Å²) in [6.45, 7) is 4.18. The number of amides is 1. The molecule has 9 heteroatoms. The fourth-order valence-electron chi connectivity index (χ4n) is 4.21. The van der Waals surface area contributed by atoms with Crippen molar-refractivity contribution < 1.29 is 17.9 Å². The van der Waals surface area contributed by atoms with Gasteiger partial charge in [0.15, 0.2) is 0 Å². The second-order valence-electron chi connectivity index (χ2n) is 8.47. The van der Waals surface area contributed by atoms with Crippen molar-refractivity contribution in [3.63, 3.8) is 0 Å². The average molecular weight is 494 g/mol. The third kappa shape index (κ3) is 6.56. The topological polar surface area (TPSA) is 102 Å². The van der Waals surface area contributed by atoms with E-state index < -0.39 is 15.9 Å². The van der Waals surface area contributed by atoms with Gasteiger partial charge in [0, 0.05) is 41.6 Å². The summed E-state index contributed by atoms with van der Waals surface area (Å²) in [5, 5.41) is 3.52. The van der Waals surface area contributed by atoms with Crippen molar-refractivity contribution >= 4 is 27.3 Å². The van der Waals surface area contributed by atoms with Crippen molar-refractivity contribution in [2.24, 2.45) is 5.73 Å². The summed E-state index contributed by atoms with van der Waals surface area (Å²) in [6, 6.07) is 8.81. The largest absolute Gasteiger partial charge is 0.496 e. The number of thiophene rings is 1. The molecule has 1 unspecified atom stereocenters. The molecule has 1 atom stereocenters. The van der Waals surface area contributed by atoms with Gasteiger partial charge in [0.2, 0.25) is 5.91 Å². The van der Waals surface area contributed by atoms with Gasteiger partial charge in [-0.2, -0.15) is 4.31 Å². The van der Waals surface area contributed by atoms with Crippen LogP contribution >= 0.6 is 11.3 Å². The Morgan fingerprint density at radius 3 is 2.73 bits per heavy atom. The van der Waals surface area contributed by atoms with E-state index in [9.17, 15) is 13.2 Å². The van der Waals surface area contributed by atoms with E-state index in [4.69, 9.17) is 10.5 Å².